The molecular formula is C25H21FN2O4. The Kier molecular flexibility index (Phi) is 5.01. The third-order valence-corrected chi connectivity index (χ3v) is 5.54. The summed E-state index contributed by atoms with van der Waals surface area (Å²) in [5, 5.41) is 4.48. The lowest BCUT2D eigenvalue weighted by atomic mass is 10.0. The van der Waals surface area contributed by atoms with E-state index in [1.165, 1.54) is 0 Å². The van der Waals surface area contributed by atoms with Crippen LogP contribution in [0, 0.1) is 5.82 Å². The molecule has 0 bridgehead atoms. The second-order valence-electron chi connectivity index (χ2n) is 7.66. The van der Waals surface area contributed by atoms with E-state index < -0.39 is 5.82 Å². The Morgan fingerprint density at radius 2 is 1.72 bits per heavy atom. The molecule has 3 aromatic carbocycles. The Hall–Kier alpha value is -3.87. The molecular weight excluding hydrogens is 411 g/mol. The maximum absolute atomic E-state index is 15.4. The van der Waals surface area contributed by atoms with Crippen LogP contribution < -0.4 is 19.5 Å². The normalized spacial score (nSPS) is 13.2. The highest BCUT2D eigenvalue weighted by molar-refractivity contribution is 6.07. The molecule has 7 heteroatoms. The van der Waals surface area contributed by atoms with Crippen LogP contribution in [0.4, 0.5) is 4.39 Å². The van der Waals surface area contributed by atoms with Crippen LogP contribution in [0.15, 0.2) is 54.7 Å². The summed E-state index contributed by atoms with van der Waals surface area (Å²) in [6.45, 7) is 0. The van der Waals surface area contributed by atoms with Crippen molar-refractivity contribution in [3.8, 4) is 23.0 Å². The summed E-state index contributed by atoms with van der Waals surface area (Å²) in [4.78, 5) is 16.9. The Bertz CT molecular complexity index is 1350. The van der Waals surface area contributed by atoms with Crippen LogP contribution in [0.1, 0.15) is 23.2 Å². The largest absolute Gasteiger partial charge is 0.493 e. The Balaban J connectivity index is 1.55. The van der Waals surface area contributed by atoms with Crippen LogP contribution in [0.5, 0.6) is 23.0 Å². The average Bonchev–Trinajstić information content (AvgIpc) is 3.63. The van der Waals surface area contributed by atoms with Crippen LogP contribution in [0.3, 0.4) is 0 Å². The number of hydrogen-bond donors (Lipinski definition) is 1. The highest BCUT2D eigenvalue weighted by atomic mass is 19.1. The third kappa shape index (κ3) is 3.56. The molecule has 1 aromatic heterocycles. The first-order valence-electron chi connectivity index (χ1n) is 10.3. The molecule has 6 nitrogen and oxygen atoms in total. The van der Waals surface area contributed by atoms with Gasteiger partial charge in [0.05, 0.1) is 19.7 Å². The predicted molar refractivity (Wildman–Crippen MR) is 119 cm³/mol. The number of carbonyl (C=O) groups excluding carboxylic acids is 1. The molecule has 1 aliphatic rings. The van der Waals surface area contributed by atoms with Gasteiger partial charge in [-0.05, 0) is 48.6 Å². The minimum absolute atomic E-state index is 0.0551. The lowest BCUT2D eigenvalue weighted by Crippen LogP contribution is -2.25. The van der Waals surface area contributed by atoms with Crippen molar-refractivity contribution in [3.05, 3.63) is 66.1 Å². The van der Waals surface area contributed by atoms with Crippen molar-refractivity contribution in [1.29, 1.82) is 0 Å². The smallest absolute Gasteiger partial charge is 0.252 e. The van der Waals surface area contributed by atoms with E-state index in [4.69, 9.17) is 14.2 Å². The fraction of sp³-hybridized carbons (Fsp3) is 0.200. The number of carbonyl (C=O) groups is 1. The summed E-state index contributed by atoms with van der Waals surface area (Å²) < 4.78 is 32.1. The van der Waals surface area contributed by atoms with Crippen molar-refractivity contribution in [2.45, 2.75) is 18.9 Å². The molecule has 1 aliphatic carbocycles. The molecule has 0 saturated heterocycles. The molecule has 0 aliphatic heterocycles. The van der Waals surface area contributed by atoms with Crippen LogP contribution in [0.25, 0.3) is 21.7 Å². The molecule has 1 heterocycles. The number of amides is 1. The molecule has 1 fully saturated rings. The van der Waals surface area contributed by atoms with E-state index in [1.54, 1.807) is 68.9 Å². The van der Waals surface area contributed by atoms with Gasteiger partial charge in [-0.2, -0.15) is 0 Å². The SMILES string of the molecule is COc1cc2nccc(Oc3ccc4c(C(=O)NC5CC5)cccc4c3F)c2cc1OC. The van der Waals surface area contributed by atoms with Crippen LogP contribution >= 0.6 is 0 Å². The number of ether oxygens (including phenoxy) is 3. The van der Waals surface area contributed by atoms with Crippen molar-refractivity contribution in [2.75, 3.05) is 14.2 Å². The summed E-state index contributed by atoms with van der Waals surface area (Å²) in [7, 11) is 3.09. The van der Waals surface area contributed by atoms with Gasteiger partial charge in [-0.3, -0.25) is 9.78 Å². The number of fused-ring (bicyclic) bond motifs is 2. The lowest BCUT2D eigenvalue weighted by molar-refractivity contribution is 0.0952. The minimum atomic E-state index is -0.533. The van der Waals surface area contributed by atoms with E-state index in [9.17, 15) is 4.79 Å². The van der Waals surface area contributed by atoms with Crippen LogP contribution in [-0.2, 0) is 0 Å². The third-order valence-electron chi connectivity index (χ3n) is 5.54. The zero-order valence-electron chi connectivity index (χ0n) is 17.6. The van der Waals surface area contributed by atoms with Crippen molar-refractivity contribution in [3.63, 3.8) is 0 Å². The second-order valence-corrected chi connectivity index (χ2v) is 7.66. The topological polar surface area (TPSA) is 69.7 Å². The summed E-state index contributed by atoms with van der Waals surface area (Å²) in [6.07, 6.45) is 3.56. The Labute approximate surface area is 183 Å². The fourth-order valence-electron chi connectivity index (χ4n) is 3.72. The molecule has 1 amide bonds. The molecule has 1 N–H and O–H groups in total. The predicted octanol–water partition coefficient (Wildman–Crippen LogP) is 5.23. The number of nitrogens with zero attached hydrogens (tertiary/aromatic N) is 1. The van der Waals surface area contributed by atoms with Gasteiger partial charge in [-0.1, -0.05) is 12.1 Å². The first-order valence-corrected chi connectivity index (χ1v) is 10.3. The average molecular weight is 432 g/mol. The van der Waals surface area contributed by atoms with E-state index >= 15 is 4.39 Å². The molecule has 0 unspecified atom stereocenters. The van der Waals surface area contributed by atoms with Crippen molar-refractivity contribution in [1.82, 2.24) is 10.3 Å². The Morgan fingerprint density at radius 1 is 0.938 bits per heavy atom. The van der Waals surface area contributed by atoms with Gasteiger partial charge in [-0.25, -0.2) is 4.39 Å². The van der Waals surface area contributed by atoms with Gasteiger partial charge in [0.25, 0.3) is 5.91 Å². The lowest BCUT2D eigenvalue weighted by Gasteiger charge is -2.14. The molecule has 0 spiro atoms. The van der Waals surface area contributed by atoms with E-state index in [0.29, 0.717) is 44.5 Å². The molecule has 32 heavy (non-hydrogen) atoms. The number of nitrogens with one attached hydrogen (secondary N) is 1. The quantitative estimate of drug-likeness (QED) is 0.452. The zero-order valence-corrected chi connectivity index (χ0v) is 17.6. The first kappa shape index (κ1) is 20.1. The van der Waals surface area contributed by atoms with Gasteiger partial charge < -0.3 is 19.5 Å². The van der Waals surface area contributed by atoms with Crippen molar-refractivity contribution in [2.24, 2.45) is 0 Å². The molecule has 1 saturated carbocycles. The Morgan fingerprint density at radius 3 is 2.47 bits per heavy atom. The van der Waals surface area contributed by atoms with Crippen molar-refractivity contribution >= 4 is 27.6 Å². The molecule has 162 valence electrons. The van der Waals surface area contributed by atoms with Gasteiger partial charge in [0.1, 0.15) is 5.75 Å². The summed E-state index contributed by atoms with van der Waals surface area (Å²) in [5.74, 6) is 0.819. The van der Waals surface area contributed by atoms with Crippen LogP contribution in [0.2, 0.25) is 0 Å². The van der Waals surface area contributed by atoms with E-state index in [2.05, 4.69) is 10.3 Å². The highest BCUT2D eigenvalue weighted by Crippen LogP contribution is 2.38. The molecule has 4 aromatic rings. The zero-order chi connectivity index (χ0) is 22.2. The van der Waals surface area contributed by atoms with Crippen LogP contribution in [-0.4, -0.2) is 31.2 Å². The number of hydrogen-bond acceptors (Lipinski definition) is 5. The standard InChI is InChI=1S/C25H21FN2O4/c1-30-22-12-18-19(13-23(22)31-2)27-11-10-20(18)32-21-9-8-15-16(24(21)26)4-3-5-17(15)25(29)28-14-6-7-14/h3-5,8-14H,6-7H2,1-2H3,(H,28,29). The van der Waals surface area contributed by atoms with Crippen molar-refractivity contribution < 1.29 is 23.4 Å². The van der Waals surface area contributed by atoms with Gasteiger partial charge in [0.2, 0.25) is 0 Å². The highest BCUT2D eigenvalue weighted by Gasteiger charge is 2.25. The number of aromatic nitrogens is 1. The number of methoxy groups -OCH3 is 2. The number of halogens is 1. The second kappa shape index (κ2) is 8.00. The number of benzene rings is 3. The molecule has 0 radical (unpaired) electrons. The number of pyridine rings is 1. The maximum atomic E-state index is 15.4. The van der Waals surface area contributed by atoms with Gasteiger partial charge >= 0.3 is 0 Å². The number of rotatable bonds is 6. The molecule has 0 atom stereocenters. The van der Waals surface area contributed by atoms with Gasteiger partial charge in [0, 0.05) is 34.6 Å². The maximum Gasteiger partial charge on any atom is 0.252 e. The van der Waals surface area contributed by atoms with Gasteiger partial charge in [0.15, 0.2) is 23.1 Å². The monoisotopic (exact) mass is 432 g/mol. The van der Waals surface area contributed by atoms with Gasteiger partial charge in [-0.15, -0.1) is 0 Å². The first-order chi connectivity index (χ1) is 15.6. The summed E-state index contributed by atoms with van der Waals surface area (Å²) >= 11 is 0. The van der Waals surface area contributed by atoms with E-state index in [1.807, 2.05) is 0 Å². The molecule has 5 rings (SSSR count). The summed E-state index contributed by atoms with van der Waals surface area (Å²) in [6, 6.07) is 13.6. The van der Waals surface area contributed by atoms with E-state index in [-0.39, 0.29) is 17.7 Å². The minimum Gasteiger partial charge on any atom is -0.493 e. The van der Waals surface area contributed by atoms with E-state index in [0.717, 1.165) is 12.8 Å². The summed E-state index contributed by atoms with van der Waals surface area (Å²) in [5.41, 5.74) is 1.08. The fourth-order valence-corrected chi connectivity index (χ4v) is 3.72.